The summed E-state index contributed by atoms with van der Waals surface area (Å²) in [5.41, 5.74) is 6.17. The van der Waals surface area contributed by atoms with Gasteiger partial charge in [-0.25, -0.2) is 0 Å². The summed E-state index contributed by atoms with van der Waals surface area (Å²) in [7, 11) is 0. The quantitative estimate of drug-likeness (QED) is 0.722. The number of carbonyl (C=O) groups excluding carboxylic acids is 2. The molecule has 2 rings (SSSR count). The van der Waals surface area contributed by atoms with E-state index in [1.165, 1.54) is 0 Å². The number of likely N-dealkylation sites (tertiary alicyclic amines) is 1. The van der Waals surface area contributed by atoms with Gasteiger partial charge in [-0.2, -0.15) is 0 Å². The van der Waals surface area contributed by atoms with Crippen molar-refractivity contribution >= 4 is 35.0 Å². The molecule has 2 amide bonds. The second kappa shape index (κ2) is 7.81. The minimum Gasteiger partial charge on any atom is -0.369 e. The Morgan fingerprint density at radius 1 is 1.36 bits per heavy atom. The number of quaternary nitrogens is 1. The molecule has 1 aliphatic heterocycles. The van der Waals surface area contributed by atoms with E-state index in [9.17, 15) is 9.59 Å². The smallest absolute Gasteiger partial charge is 0.275 e. The van der Waals surface area contributed by atoms with Crippen LogP contribution in [0.3, 0.4) is 0 Å². The highest BCUT2D eigenvalue weighted by molar-refractivity contribution is 6.35. The zero-order valence-electron chi connectivity index (χ0n) is 12.2. The molecule has 1 heterocycles. The number of piperidine rings is 1. The van der Waals surface area contributed by atoms with Gasteiger partial charge in [0.05, 0.1) is 19.0 Å². The van der Waals surface area contributed by atoms with E-state index in [4.69, 9.17) is 28.9 Å². The topological polar surface area (TPSA) is 76.6 Å². The molecule has 22 heavy (non-hydrogen) atoms. The molecule has 0 spiro atoms. The molecule has 0 aromatic heterocycles. The van der Waals surface area contributed by atoms with Gasteiger partial charge in [-0.05, 0) is 30.5 Å². The predicted octanol–water partition coefficient (Wildman–Crippen LogP) is 0.390. The number of amides is 2. The Morgan fingerprint density at radius 3 is 2.82 bits per heavy atom. The fourth-order valence-electron chi connectivity index (χ4n) is 2.70. The van der Waals surface area contributed by atoms with Crippen LogP contribution in [0.4, 0.5) is 0 Å². The van der Waals surface area contributed by atoms with Crippen molar-refractivity contribution in [3.63, 3.8) is 0 Å². The number of carbonyl (C=O) groups is 2. The third-order valence-electron chi connectivity index (χ3n) is 3.92. The molecule has 1 unspecified atom stereocenters. The third kappa shape index (κ3) is 4.87. The first-order valence-corrected chi connectivity index (χ1v) is 8.05. The van der Waals surface area contributed by atoms with E-state index in [1.807, 2.05) is 0 Å². The second-order valence-corrected chi connectivity index (χ2v) is 6.48. The van der Waals surface area contributed by atoms with E-state index in [0.29, 0.717) is 29.7 Å². The van der Waals surface area contributed by atoms with Crippen molar-refractivity contribution in [2.75, 3.05) is 19.6 Å². The lowest BCUT2D eigenvalue weighted by Crippen LogP contribution is -3.14. The summed E-state index contributed by atoms with van der Waals surface area (Å²) in [6.45, 7) is 2.22. The molecule has 5 nitrogen and oxygen atoms in total. The van der Waals surface area contributed by atoms with E-state index < -0.39 is 0 Å². The highest BCUT2D eigenvalue weighted by Crippen LogP contribution is 2.20. The van der Waals surface area contributed by atoms with E-state index >= 15 is 0 Å². The average molecular weight is 345 g/mol. The van der Waals surface area contributed by atoms with Crippen LogP contribution < -0.4 is 16.0 Å². The van der Waals surface area contributed by atoms with Crippen molar-refractivity contribution in [1.29, 1.82) is 0 Å². The number of halogens is 2. The fraction of sp³-hybridized carbons (Fsp3) is 0.467. The molecule has 1 saturated heterocycles. The van der Waals surface area contributed by atoms with Crippen LogP contribution >= 0.6 is 23.2 Å². The van der Waals surface area contributed by atoms with Crippen LogP contribution in [0.5, 0.6) is 0 Å². The number of hydrogen-bond donors (Lipinski definition) is 3. The van der Waals surface area contributed by atoms with Gasteiger partial charge in [-0.3, -0.25) is 9.59 Å². The van der Waals surface area contributed by atoms with Crippen LogP contribution in [0, 0.1) is 5.92 Å². The first-order valence-electron chi connectivity index (χ1n) is 7.29. The standard InChI is InChI=1S/C15H19Cl2N3O2/c16-12-4-3-10(13(17)6-12)7-19-14(21)9-20-5-1-2-11(8-20)15(18)22/h3-4,6,11H,1-2,5,7-9H2,(H2,18,22)(H,19,21)/p+1/t11-/m1/s1. The molecular weight excluding hydrogens is 325 g/mol. The Hall–Kier alpha value is -1.30. The minimum absolute atomic E-state index is 0.0638. The summed E-state index contributed by atoms with van der Waals surface area (Å²) >= 11 is 11.9. The van der Waals surface area contributed by atoms with Crippen LogP contribution in [-0.2, 0) is 16.1 Å². The summed E-state index contributed by atoms with van der Waals surface area (Å²) in [6, 6.07) is 5.18. The maximum absolute atomic E-state index is 12.0. The first kappa shape index (κ1) is 17.1. The molecule has 0 bridgehead atoms. The summed E-state index contributed by atoms with van der Waals surface area (Å²) in [6.07, 6.45) is 1.74. The highest BCUT2D eigenvalue weighted by atomic mass is 35.5. The second-order valence-electron chi connectivity index (χ2n) is 5.63. The molecule has 0 saturated carbocycles. The molecule has 1 aromatic rings. The molecule has 4 N–H and O–H groups in total. The molecule has 2 atom stereocenters. The van der Waals surface area contributed by atoms with Crippen LogP contribution in [-0.4, -0.2) is 31.4 Å². The van der Waals surface area contributed by atoms with Crippen molar-refractivity contribution < 1.29 is 14.5 Å². The van der Waals surface area contributed by atoms with Gasteiger partial charge in [0.1, 0.15) is 0 Å². The van der Waals surface area contributed by atoms with Gasteiger partial charge in [0.15, 0.2) is 6.54 Å². The normalized spacial score (nSPS) is 21.4. The summed E-state index contributed by atoms with van der Waals surface area (Å²) < 4.78 is 0. The molecule has 120 valence electrons. The predicted molar refractivity (Wildman–Crippen MR) is 85.8 cm³/mol. The number of nitrogens with two attached hydrogens (primary N) is 1. The van der Waals surface area contributed by atoms with Crippen LogP contribution in [0.15, 0.2) is 18.2 Å². The summed E-state index contributed by atoms with van der Waals surface area (Å²) in [5, 5.41) is 3.95. The Morgan fingerprint density at radius 2 is 2.14 bits per heavy atom. The molecule has 1 aliphatic rings. The molecule has 0 radical (unpaired) electrons. The Labute approximate surface area is 139 Å². The van der Waals surface area contributed by atoms with Crippen molar-refractivity contribution in [2.45, 2.75) is 19.4 Å². The van der Waals surface area contributed by atoms with Crippen molar-refractivity contribution in [3.8, 4) is 0 Å². The van der Waals surface area contributed by atoms with E-state index in [0.717, 1.165) is 29.8 Å². The fourth-order valence-corrected chi connectivity index (χ4v) is 3.18. The molecular formula is C15H20Cl2N3O2+. The largest absolute Gasteiger partial charge is 0.369 e. The van der Waals surface area contributed by atoms with Crippen LogP contribution in [0.1, 0.15) is 18.4 Å². The van der Waals surface area contributed by atoms with Gasteiger partial charge < -0.3 is 16.0 Å². The van der Waals surface area contributed by atoms with Gasteiger partial charge in [-0.1, -0.05) is 29.3 Å². The van der Waals surface area contributed by atoms with Crippen molar-refractivity contribution in [1.82, 2.24) is 5.32 Å². The lowest BCUT2D eigenvalue weighted by atomic mass is 9.97. The number of nitrogens with one attached hydrogen (secondary N) is 2. The van der Waals surface area contributed by atoms with Crippen molar-refractivity contribution in [3.05, 3.63) is 33.8 Å². The number of benzene rings is 1. The maximum atomic E-state index is 12.0. The molecule has 1 aromatic carbocycles. The van der Waals surface area contributed by atoms with Crippen LogP contribution in [0.25, 0.3) is 0 Å². The summed E-state index contributed by atoms with van der Waals surface area (Å²) in [5.74, 6) is -0.459. The van der Waals surface area contributed by atoms with E-state index in [1.54, 1.807) is 18.2 Å². The van der Waals surface area contributed by atoms with Gasteiger partial charge in [0, 0.05) is 16.6 Å². The molecule has 7 heteroatoms. The zero-order valence-corrected chi connectivity index (χ0v) is 13.7. The number of primary amides is 1. The minimum atomic E-state index is -0.273. The first-order chi connectivity index (χ1) is 10.5. The number of rotatable bonds is 5. The van der Waals surface area contributed by atoms with Crippen LogP contribution in [0.2, 0.25) is 10.0 Å². The van der Waals surface area contributed by atoms with Gasteiger partial charge in [0.25, 0.3) is 5.91 Å². The Bertz CT molecular complexity index is 566. The zero-order chi connectivity index (χ0) is 16.1. The molecule has 1 fully saturated rings. The van der Waals surface area contributed by atoms with Gasteiger partial charge >= 0.3 is 0 Å². The third-order valence-corrected chi connectivity index (χ3v) is 4.51. The average Bonchev–Trinajstić information content (AvgIpc) is 2.46. The highest BCUT2D eigenvalue weighted by Gasteiger charge is 2.28. The Balaban J connectivity index is 1.81. The Kier molecular flexibility index (Phi) is 6.06. The maximum Gasteiger partial charge on any atom is 0.275 e. The lowest BCUT2D eigenvalue weighted by molar-refractivity contribution is -0.899. The monoisotopic (exact) mass is 344 g/mol. The van der Waals surface area contributed by atoms with E-state index in [-0.39, 0.29) is 17.7 Å². The summed E-state index contributed by atoms with van der Waals surface area (Å²) in [4.78, 5) is 24.4. The number of hydrogen-bond acceptors (Lipinski definition) is 2. The lowest BCUT2D eigenvalue weighted by Gasteiger charge is -2.27. The van der Waals surface area contributed by atoms with E-state index in [2.05, 4.69) is 5.32 Å². The molecule has 0 aliphatic carbocycles. The SMILES string of the molecule is NC(=O)[C@@H]1CCC[NH+](CC(=O)NCc2ccc(Cl)cc2Cl)C1. The van der Waals surface area contributed by atoms with Gasteiger partial charge in [0.2, 0.25) is 5.91 Å². The van der Waals surface area contributed by atoms with Gasteiger partial charge in [-0.15, -0.1) is 0 Å². The van der Waals surface area contributed by atoms with Crippen molar-refractivity contribution in [2.24, 2.45) is 11.7 Å².